The molecule has 3 amide bonds. The molecule has 9 heteroatoms. The first-order valence-corrected chi connectivity index (χ1v) is 8.81. The van der Waals surface area contributed by atoms with Crippen LogP contribution in [0.3, 0.4) is 0 Å². The number of pyridine rings is 2. The van der Waals surface area contributed by atoms with Crippen molar-refractivity contribution in [3.05, 3.63) is 54.0 Å². The van der Waals surface area contributed by atoms with E-state index in [9.17, 15) is 9.59 Å². The Bertz CT molecular complexity index is 1120. The molecule has 2 aromatic heterocycles. The summed E-state index contributed by atoms with van der Waals surface area (Å²) in [5, 5.41) is 27.2. The van der Waals surface area contributed by atoms with Crippen molar-refractivity contribution in [2.45, 2.75) is 13.5 Å². The second-order valence-corrected chi connectivity index (χ2v) is 6.07. The third kappa shape index (κ3) is 4.56. The predicted molar refractivity (Wildman–Crippen MR) is 107 cm³/mol. The Balaban J connectivity index is 2.13. The van der Waals surface area contributed by atoms with Crippen LogP contribution >= 0.6 is 0 Å². The van der Waals surface area contributed by atoms with Crippen molar-refractivity contribution >= 4 is 28.7 Å². The average Bonchev–Trinajstić information content (AvgIpc) is 2.72. The molecule has 0 aliphatic carbocycles. The highest BCUT2D eigenvalue weighted by Crippen LogP contribution is 2.32. The number of amides is 3. The van der Waals surface area contributed by atoms with Gasteiger partial charge in [-0.15, -0.1) is 0 Å². The molecule has 0 radical (unpaired) electrons. The van der Waals surface area contributed by atoms with Gasteiger partial charge >= 0.3 is 12.1 Å². The van der Waals surface area contributed by atoms with Crippen LogP contribution in [0.1, 0.15) is 18.2 Å². The molecular formula is C20H18N6O3. The standard InChI is InChI=1S/C20H18N6O3/c1-2-22-19(27)26-18-8-16-15(12-5-6-23-14(7-12)9-21)4-3-13(10-25-20(28)29)17(16)11-24-18/h3-8,11,25H,2,10H2,1H3,(H,28,29)(H2,22,24,26,27). The number of aromatic nitrogens is 2. The van der Waals surface area contributed by atoms with E-state index in [-0.39, 0.29) is 18.3 Å². The molecule has 2 heterocycles. The summed E-state index contributed by atoms with van der Waals surface area (Å²) in [4.78, 5) is 31.0. The fraction of sp³-hybridized carbons (Fsp3) is 0.150. The lowest BCUT2D eigenvalue weighted by Crippen LogP contribution is -2.28. The second kappa shape index (κ2) is 8.67. The van der Waals surface area contributed by atoms with Crippen LogP contribution < -0.4 is 16.0 Å². The zero-order chi connectivity index (χ0) is 20.8. The van der Waals surface area contributed by atoms with E-state index in [0.29, 0.717) is 12.4 Å². The number of carbonyl (C=O) groups is 2. The van der Waals surface area contributed by atoms with E-state index in [4.69, 9.17) is 10.4 Å². The molecule has 4 N–H and O–H groups in total. The van der Waals surface area contributed by atoms with E-state index >= 15 is 0 Å². The van der Waals surface area contributed by atoms with Crippen LogP contribution in [0.4, 0.5) is 15.4 Å². The lowest BCUT2D eigenvalue weighted by Gasteiger charge is -2.13. The molecule has 0 spiro atoms. The van der Waals surface area contributed by atoms with Gasteiger partial charge in [0.25, 0.3) is 0 Å². The van der Waals surface area contributed by atoms with Crippen molar-refractivity contribution in [1.29, 1.82) is 5.26 Å². The molecule has 146 valence electrons. The summed E-state index contributed by atoms with van der Waals surface area (Å²) in [5.74, 6) is 0.350. The third-order valence-electron chi connectivity index (χ3n) is 4.19. The SMILES string of the molecule is CCNC(=O)Nc1cc2c(-c3ccnc(C#N)c3)ccc(CNC(=O)O)c2cn1. The molecular weight excluding hydrogens is 372 g/mol. The number of hydrogen-bond acceptors (Lipinski definition) is 5. The van der Waals surface area contributed by atoms with Gasteiger partial charge in [0.15, 0.2) is 0 Å². The summed E-state index contributed by atoms with van der Waals surface area (Å²) in [6.45, 7) is 2.39. The highest BCUT2D eigenvalue weighted by atomic mass is 16.4. The number of anilines is 1. The minimum Gasteiger partial charge on any atom is -0.465 e. The van der Waals surface area contributed by atoms with Crippen LogP contribution in [0.15, 0.2) is 42.7 Å². The van der Waals surface area contributed by atoms with Gasteiger partial charge in [0.1, 0.15) is 17.6 Å². The Morgan fingerprint density at radius 1 is 1.14 bits per heavy atom. The topological polar surface area (TPSA) is 140 Å². The van der Waals surface area contributed by atoms with Gasteiger partial charge in [-0.2, -0.15) is 5.26 Å². The van der Waals surface area contributed by atoms with Crippen molar-refractivity contribution in [3.63, 3.8) is 0 Å². The van der Waals surface area contributed by atoms with E-state index < -0.39 is 6.09 Å². The van der Waals surface area contributed by atoms with Crippen molar-refractivity contribution in [2.75, 3.05) is 11.9 Å². The van der Waals surface area contributed by atoms with Crippen LogP contribution in [-0.2, 0) is 6.54 Å². The molecule has 0 aliphatic rings. The maximum absolute atomic E-state index is 11.8. The Morgan fingerprint density at radius 3 is 2.69 bits per heavy atom. The third-order valence-corrected chi connectivity index (χ3v) is 4.19. The van der Waals surface area contributed by atoms with Gasteiger partial charge in [-0.05, 0) is 47.2 Å². The van der Waals surface area contributed by atoms with Gasteiger partial charge in [-0.1, -0.05) is 12.1 Å². The number of nitrogens with zero attached hydrogens (tertiary/aromatic N) is 3. The number of rotatable bonds is 5. The smallest absolute Gasteiger partial charge is 0.404 e. The minimum absolute atomic E-state index is 0.108. The lowest BCUT2D eigenvalue weighted by molar-refractivity contribution is 0.194. The zero-order valence-electron chi connectivity index (χ0n) is 15.6. The van der Waals surface area contributed by atoms with Gasteiger partial charge in [-0.3, -0.25) is 5.32 Å². The van der Waals surface area contributed by atoms with Gasteiger partial charge in [0, 0.05) is 30.9 Å². The highest BCUT2D eigenvalue weighted by molar-refractivity contribution is 6.01. The molecule has 0 fully saturated rings. The summed E-state index contributed by atoms with van der Waals surface area (Å²) in [6, 6.07) is 10.5. The number of hydrogen-bond donors (Lipinski definition) is 4. The molecule has 0 saturated heterocycles. The fourth-order valence-corrected chi connectivity index (χ4v) is 2.92. The molecule has 0 bridgehead atoms. The number of urea groups is 1. The Kier molecular flexibility index (Phi) is 5.85. The van der Waals surface area contributed by atoms with Crippen LogP contribution in [0.2, 0.25) is 0 Å². The molecule has 0 unspecified atom stereocenters. The molecule has 3 aromatic rings. The second-order valence-electron chi connectivity index (χ2n) is 6.07. The van der Waals surface area contributed by atoms with Crippen LogP contribution in [0.25, 0.3) is 21.9 Å². The summed E-state index contributed by atoms with van der Waals surface area (Å²) in [7, 11) is 0. The molecule has 9 nitrogen and oxygen atoms in total. The molecule has 29 heavy (non-hydrogen) atoms. The lowest BCUT2D eigenvalue weighted by atomic mass is 9.96. The maximum atomic E-state index is 11.8. The minimum atomic E-state index is -1.13. The first-order valence-electron chi connectivity index (χ1n) is 8.81. The van der Waals surface area contributed by atoms with Crippen molar-refractivity contribution in [1.82, 2.24) is 20.6 Å². The molecule has 3 rings (SSSR count). The Morgan fingerprint density at radius 2 is 1.97 bits per heavy atom. The summed E-state index contributed by atoms with van der Waals surface area (Å²) in [6.07, 6.45) is 2.01. The Labute approximate surface area is 166 Å². The summed E-state index contributed by atoms with van der Waals surface area (Å²) < 4.78 is 0. The molecule has 0 saturated carbocycles. The normalized spacial score (nSPS) is 10.2. The zero-order valence-corrected chi connectivity index (χ0v) is 15.6. The molecule has 0 atom stereocenters. The molecule has 1 aromatic carbocycles. The van der Waals surface area contributed by atoms with E-state index in [1.165, 1.54) is 0 Å². The number of fused-ring (bicyclic) bond motifs is 1. The van der Waals surface area contributed by atoms with Crippen LogP contribution in [0.5, 0.6) is 0 Å². The first kappa shape index (κ1) is 19.6. The fourth-order valence-electron chi connectivity index (χ4n) is 2.92. The Hall–Kier alpha value is -4.19. The van der Waals surface area contributed by atoms with Crippen molar-refractivity contribution < 1.29 is 14.7 Å². The van der Waals surface area contributed by atoms with Gasteiger partial charge < -0.3 is 15.7 Å². The van der Waals surface area contributed by atoms with Crippen molar-refractivity contribution in [3.8, 4) is 17.2 Å². The average molecular weight is 390 g/mol. The number of carboxylic acid groups (broad SMARTS) is 1. The van der Waals surface area contributed by atoms with Gasteiger partial charge in [-0.25, -0.2) is 19.6 Å². The van der Waals surface area contributed by atoms with E-state index in [1.54, 1.807) is 36.7 Å². The summed E-state index contributed by atoms with van der Waals surface area (Å²) in [5.41, 5.74) is 2.59. The largest absolute Gasteiger partial charge is 0.465 e. The van der Waals surface area contributed by atoms with E-state index in [1.807, 2.05) is 19.1 Å². The summed E-state index contributed by atoms with van der Waals surface area (Å²) >= 11 is 0. The maximum Gasteiger partial charge on any atom is 0.404 e. The quantitative estimate of drug-likeness (QED) is 0.528. The van der Waals surface area contributed by atoms with E-state index in [0.717, 1.165) is 27.5 Å². The number of carbonyl (C=O) groups excluding carboxylic acids is 1. The monoisotopic (exact) mass is 390 g/mol. The first-order chi connectivity index (χ1) is 14.0. The molecule has 0 aliphatic heterocycles. The van der Waals surface area contributed by atoms with Gasteiger partial charge in [0.2, 0.25) is 0 Å². The van der Waals surface area contributed by atoms with Gasteiger partial charge in [0.05, 0.1) is 0 Å². The number of nitrogens with one attached hydrogen (secondary N) is 3. The van der Waals surface area contributed by atoms with Crippen LogP contribution in [-0.4, -0.2) is 33.7 Å². The number of benzene rings is 1. The predicted octanol–water partition coefficient (Wildman–Crippen LogP) is 3.08. The van der Waals surface area contributed by atoms with Crippen molar-refractivity contribution in [2.24, 2.45) is 0 Å². The number of nitriles is 1. The van der Waals surface area contributed by atoms with Crippen LogP contribution in [0, 0.1) is 11.3 Å². The van der Waals surface area contributed by atoms with E-state index in [2.05, 4.69) is 25.9 Å². The highest BCUT2D eigenvalue weighted by Gasteiger charge is 2.12.